The molecule has 3 nitrogen and oxygen atoms in total. The van der Waals surface area contributed by atoms with Crippen molar-refractivity contribution in [3.8, 4) is 0 Å². The van der Waals surface area contributed by atoms with Crippen LogP contribution in [-0.4, -0.2) is 36.0 Å². The Morgan fingerprint density at radius 2 is 2.00 bits per heavy atom. The summed E-state index contributed by atoms with van der Waals surface area (Å²) in [4.78, 5) is 14.7. The van der Waals surface area contributed by atoms with Crippen LogP contribution in [0.3, 0.4) is 0 Å². The predicted octanol–water partition coefficient (Wildman–Crippen LogP) is 2.17. The SMILES string of the molecule is O=C1C(NC2CC2)CCCN1CC1CC2CCC1C2. The zero-order chi connectivity index (χ0) is 12.8. The minimum atomic E-state index is 0.139. The Bertz CT molecular complexity index is 366. The Morgan fingerprint density at radius 3 is 2.68 bits per heavy atom. The van der Waals surface area contributed by atoms with Gasteiger partial charge in [0.25, 0.3) is 0 Å². The van der Waals surface area contributed by atoms with Gasteiger partial charge in [-0.3, -0.25) is 4.79 Å². The number of rotatable bonds is 4. The molecule has 0 aromatic carbocycles. The number of carbonyl (C=O) groups excluding carboxylic acids is 1. The van der Waals surface area contributed by atoms with E-state index in [2.05, 4.69) is 10.2 Å². The van der Waals surface area contributed by atoms with Crippen molar-refractivity contribution in [2.75, 3.05) is 13.1 Å². The van der Waals surface area contributed by atoms with E-state index in [1.165, 1.54) is 44.9 Å². The molecule has 0 aromatic rings. The summed E-state index contributed by atoms with van der Waals surface area (Å²) in [6.45, 7) is 2.07. The molecule has 1 aliphatic heterocycles. The van der Waals surface area contributed by atoms with E-state index >= 15 is 0 Å². The molecule has 2 bridgehead atoms. The molecule has 0 radical (unpaired) electrons. The predicted molar refractivity (Wildman–Crippen MR) is 74.7 cm³/mol. The van der Waals surface area contributed by atoms with Crippen LogP contribution in [0.4, 0.5) is 0 Å². The van der Waals surface area contributed by atoms with Crippen LogP contribution in [-0.2, 0) is 4.79 Å². The van der Waals surface area contributed by atoms with Crippen LogP contribution in [0.15, 0.2) is 0 Å². The Morgan fingerprint density at radius 1 is 1.11 bits per heavy atom. The highest BCUT2D eigenvalue weighted by Crippen LogP contribution is 2.48. The largest absolute Gasteiger partial charge is 0.341 e. The monoisotopic (exact) mass is 262 g/mol. The molecule has 3 heteroatoms. The minimum Gasteiger partial charge on any atom is -0.341 e. The molecule has 0 aromatic heterocycles. The zero-order valence-electron chi connectivity index (χ0n) is 11.8. The lowest BCUT2D eigenvalue weighted by Crippen LogP contribution is -2.52. The summed E-state index contributed by atoms with van der Waals surface area (Å²) in [6, 6.07) is 0.788. The van der Waals surface area contributed by atoms with Gasteiger partial charge < -0.3 is 10.2 Å². The van der Waals surface area contributed by atoms with Crippen molar-refractivity contribution >= 4 is 5.91 Å². The van der Waals surface area contributed by atoms with Crippen LogP contribution >= 0.6 is 0 Å². The van der Waals surface area contributed by atoms with Crippen molar-refractivity contribution in [2.24, 2.45) is 17.8 Å². The van der Waals surface area contributed by atoms with E-state index in [4.69, 9.17) is 0 Å². The molecule has 3 saturated carbocycles. The fraction of sp³-hybridized carbons (Fsp3) is 0.938. The summed E-state index contributed by atoms with van der Waals surface area (Å²) in [5.74, 6) is 3.16. The van der Waals surface area contributed by atoms with Crippen LogP contribution in [0.1, 0.15) is 51.4 Å². The lowest BCUT2D eigenvalue weighted by atomic mass is 9.88. The van der Waals surface area contributed by atoms with Crippen molar-refractivity contribution in [1.29, 1.82) is 0 Å². The third kappa shape index (κ3) is 2.42. The van der Waals surface area contributed by atoms with Gasteiger partial charge in [0.15, 0.2) is 0 Å². The maximum Gasteiger partial charge on any atom is 0.239 e. The van der Waals surface area contributed by atoms with E-state index in [0.29, 0.717) is 11.9 Å². The fourth-order valence-corrected chi connectivity index (χ4v) is 4.69. The van der Waals surface area contributed by atoms with Gasteiger partial charge in [0.2, 0.25) is 5.91 Å². The molecule has 4 fully saturated rings. The molecule has 1 amide bonds. The summed E-state index contributed by atoms with van der Waals surface area (Å²) in [6.07, 6.45) is 10.5. The number of hydrogen-bond donors (Lipinski definition) is 1. The third-order valence-electron chi connectivity index (χ3n) is 5.88. The fourth-order valence-electron chi connectivity index (χ4n) is 4.69. The first kappa shape index (κ1) is 12.2. The Hall–Kier alpha value is -0.570. The maximum atomic E-state index is 12.5. The topological polar surface area (TPSA) is 32.3 Å². The van der Waals surface area contributed by atoms with Gasteiger partial charge in [0.05, 0.1) is 6.04 Å². The highest BCUT2D eigenvalue weighted by Gasteiger charge is 2.42. The first-order chi connectivity index (χ1) is 9.29. The quantitative estimate of drug-likeness (QED) is 0.842. The second kappa shape index (κ2) is 4.76. The van der Waals surface area contributed by atoms with Gasteiger partial charge in [-0.25, -0.2) is 0 Å². The molecule has 4 unspecified atom stereocenters. The maximum absolute atomic E-state index is 12.5. The van der Waals surface area contributed by atoms with E-state index < -0.39 is 0 Å². The van der Waals surface area contributed by atoms with Gasteiger partial charge in [-0.2, -0.15) is 0 Å². The van der Waals surface area contributed by atoms with E-state index in [1.54, 1.807) is 0 Å². The average Bonchev–Trinajstić information content (AvgIpc) is 2.98. The number of nitrogens with zero attached hydrogens (tertiary/aromatic N) is 1. The van der Waals surface area contributed by atoms with E-state index in [-0.39, 0.29) is 6.04 Å². The van der Waals surface area contributed by atoms with Gasteiger partial charge in [-0.1, -0.05) is 6.42 Å². The van der Waals surface area contributed by atoms with Crippen LogP contribution in [0.2, 0.25) is 0 Å². The molecule has 3 aliphatic carbocycles. The second-order valence-electron chi connectivity index (χ2n) is 7.35. The summed E-state index contributed by atoms with van der Waals surface area (Å²) in [5, 5.41) is 3.54. The number of hydrogen-bond acceptors (Lipinski definition) is 2. The van der Waals surface area contributed by atoms with Crippen molar-refractivity contribution in [1.82, 2.24) is 10.2 Å². The van der Waals surface area contributed by atoms with Gasteiger partial charge >= 0.3 is 0 Å². The summed E-state index contributed by atoms with van der Waals surface area (Å²) in [7, 11) is 0. The van der Waals surface area contributed by atoms with E-state index in [1.807, 2.05) is 0 Å². The van der Waals surface area contributed by atoms with Crippen LogP contribution in [0, 0.1) is 17.8 Å². The highest BCUT2D eigenvalue weighted by molar-refractivity contribution is 5.82. The first-order valence-electron chi connectivity index (χ1n) is 8.34. The Balaban J connectivity index is 1.35. The molecule has 1 N–H and O–H groups in total. The normalized spacial score (nSPS) is 42.1. The molecule has 1 heterocycles. The Labute approximate surface area is 116 Å². The van der Waals surface area contributed by atoms with Crippen LogP contribution in [0.25, 0.3) is 0 Å². The number of nitrogens with one attached hydrogen (secondary N) is 1. The van der Waals surface area contributed by atoms with Crippen molar-refractivity contribution in [2.45, 2.75) is 63.5 Å². The molecular weight excluding hydrogens is 236 g/mol. The van der Waals surface area contributed by atoms with Gasteiger partial charge in [-0.05, 0) is 62.7 Å². The standard InChI is InChI=1S/C16H26N2O/c19-16-15(17-14-5-6-14)2-1-7-18(16)10-13-9-11-3-4-12(13)8-11/h11-15,17H,1-10H2. The number of amides is 1. The van der Waals surface area contributed by atoms with Gasteiger partial charge in [-0.15, -0.1) is 0 Å². The molecule has 4 atom stereocenters. The lowest BCUT2D eigenvalue weighted by molar-refractivity contribution is -0.137. The molecular formula is C16H26N2O. The number of piperidine rings is 1. The van der Waals surface area contributed by atoms with Crippen LogP contribution < -0.4 is 5.32 Å². The molecule has 1 saturated heterocycles. The minimum absolute atomic E-state index is 0.139. The van der Waals surface area contributed by atoms with Crippen LogP contribution in [0.5, 0.6) is 0 Å². The zero-order valence-corrected chi connectivity index (χ0v) is 11.8. The van der Waals surface area contributed by atoms with E-state index in [0.717, 1.165) is 37.3 Å². The number of carbonyl (C=O) groups is 1. The third-order valence-corrected chi connectivity index (χ3v) is 5.88. The number of fused-ring (bicyclic) bond motifs is 2. The average molecular weight is 262 g/mol. The highest BCUT2D eigenvalue weighted by atomic mass is 16.2. The van der Waals surface area contributed by atoms with Gasteiger partial charge in [0.1, 0.15) is 0 Å². The lowest BCUT2D eigenvalue weighted by Gasteiger charge is -2.36. The summed E-state index contributed by atoms with van der Waals surface area (Å²) < 4.78 is 0. The van der Waals surface area contributed by atoms with E-state index in [9.17, 15) is 4.79 Å². The molecule has 4 rings (SSSR count). The molecule has 19 heavy (non-hydrogen) atoms. The van der Waals surface area contributed by atoms with Gasteiger partial charge in [0, 0.05) is 19.1 Å². The van der Waals surface area contributed by atoms with Crippen molar-refractivity contribution in [3.05, 3.63) is 0 Å². The van der Waals surface area contributed by atoms with Crippen molar-refractivity contribution < 1.29 is 4.79 Å². The smallest absolute Gasteiger partial charge is 0.239 e. The summed E-state index contributed by atoms with van der Waals surface area (Å²) in [5.41, 5.74) is 0. The second-order valence-corrected chi connectivity index (χ2v) is 7.35. The number of likely N-dealkylation sites (tertiary alicyclic amines) is 1. The molecule has 4 aliphatic rings. The molecule has 106 valence electrons. The molecule has 0 spiro atoms. The Kier molecular flexibility index (Phi) is 3.06. The van der Waals surface area contributed by atoms with Crippen molar-refractivity contribution in [3.63, 3.8) is 0 Å². The summed E-state index contributed by atoms with van der Waals surface area (Å²) >= 11 is 0. The first-order valence-corrected chi connectivity index (χ1v) is 8.34.